The second kappa shape index (κ2) is 5.50. The van der Waals surface area contributed by atoms with Gasteiger partial charge in [0.2, 0.25) is 0 Å². The molecule has 2 N–H and O–H groups in total. The molecule has 0 unspecified atom stereocenters. The number of nitrogens with two attached hydrogens (primary N) is 1. The SMILES string of the molecule is NCc1cc(Oc2cccc(F)c2)ccc1C(F)(F)F. The number of ether oxygens (including phenoxy) is 1. The Balaban J connectivity index is 2.30. The Morgan fingerprint density at radius 2 is 1.70 bits per heavy atom. The van der Waals surface area contributed by atoms with E-state index >= 15 is 0 Å². The molecule has 2 rings (SSSR count). The highest BCUT2D eigenvalue weighted by atomic mass is 19.4. The minimum Gasteiger partial charge on any atom is -0.457 e. The summed E-state index contributed by atoms with van der Waals surface area (Å²) >= 11 is 0. The summed E-state index contributed by atoms with van der Waals surface area (Å²) in [4.78, 5) is 0. The molecule has 0 saturated heterocycles. The Labute approximate surface area is 112 Å². The van der Waals surface area contributed by atoms with E-state index in [9.17, 15) is 17.6 Å². The predicted octanol–water partition coefficient (Wildman–Crippen LogP) is 4.10. The van der Waals surface area contributed by atoms with Crippen molar-refractivity contribution in [3.8, 4) is 11.5 Å². The third kappa shape index (κ3) is 3.27. The number of hydrogen-bond donors (Lipinski definition) is 1. The van der Waals surface area contributed by atoms with Gasteiger partial charge in [-0.05, 0) is 35.9 Å². The van der Waals surface area contributed by atoms with E-state index in [1.165, 1.54) is 30.3 Å². The van der Waals surface area contributed by atoms with Gasteiger partial charge in [0.1, 0.15) is 17.3 Å². The molecule has 20 heavy (non-hydrogen) atoms. The molecular weight excluding hydrogens is 274 g/mol. The Morgan fingerprint density at radius 1 is 1.00 bits per heavy atom. The first-order valence-corrected chi connectivity index (χ1v) is 5.74. The fourth-order valence-electron chi connectivity index (χ4n) is 1.75. The van der Waals surface area contributed by atoms with Crippen LogP contribution in [0.1, 0.15) is 11.1 Å². The molecule has 0 amide bonds. The molecule has 0 saturated carbocycles. The van der Waals surface area contributed by atoms with Crippen LogP contribution in [0, 0.1) is 5.82 Å². The van der Waals surface area contributed by atoms with E-state index in [2.05, 4.69) is 0 Å². The summed E-state index contributed by atoms with van der Waals surface area (Å²) in [5.41, 5.74) is 4.44. The number of benzene rings is 2. The number of rotatable bonds is 3. The fourth-order valence-corrected chi connectivity index (χ4v) is 1.75. The van der Waals surface area contributed by atoms with E-state index < -0.39 is 17.6 Å². The van der Waals surface area contributed by atoms with Gasteiger partial charge in [0.25, 0.3) is 0 Å². The Morgan fingerprint density at radius 3 is 2.30 bits per heavy atom. The van der Waals surface area contributed by atoms with E-state index in [1.807, 2.05) is 0 Å². The quantitative estimate of drug-likeness (QED) is 0.862. The van der Waals surface area contributed by atoms with Gasteiger partial charge in [0, 0.05) is 12.6 Å². The van der Waals surface area contributed by atoms with Crippen LogP contribution >= 0.6 is 0 Å². The summed E-state index contributed by atoms with van der Waals surface area (Å²) in [7, 11) is 0. The number of alkyl halides is 3. The van der Waals surface area contributed by atoms with Crippen LogP contribution in [-0.2, 0) is 12.7 Å². The van der Waals surface area contributed by atoms with E-state index in [0.29, 0.717) is 0 Å². The van der Waals surface area contributed by atoms with Gasteiger partial charge in [-0.2, -0.15) is 13.2 Å². The highest BCUT2D eigenvalue weighted by Gasteiger charge is 2.33. The van der Waals surface area contributed by atoms with E-state index in [4.69, 9.17) is 10.5 Å². The lowest BCUT2D eigenvalue weighted by Gasteiger charge is -2.13. The van der Waals surface area contributed by atoms with Crippen molar-refractivity contribution >= 4 is 0 Å². The third-order valence-electron chi connectivity index (χ3n) is 2.63. The molecule has 0 heterocycles. The maximum absolute atomic E-state index is 13.0. The van der Waals surface area contributed by atoms with Gasteiger partial charge in [-0.25, -0.2) is 4.39 Å². The summed E-state index contributed by atoms with van der Waals surface area (Å²) in [5.74, 6) is -0.120. The van der Waals surface area contributed by atoms with Crippen molar-refractivity contribution in [2.75, 3.05) is 0 Å². The predicted molar refractivity (Wildman–Crippen MR) is 65.8 cm³/mol. The Bertz CT molecular complexity index is 610. The van der Waals surface area contributed by atoms with Crippen molar-refractivity contribution in [1.29, 1.82) is 0 Å². The molecule has 2 aromatic rings. The molecule has 0 aromatic heterocycles. The molecule has 0 bridgehead atoms. The van der Waals surface area contributed by atoms with Crippen LogP contribution in [0.5, 0.6) is 11.5 Å². The van der Waals surface area contributed by atoms with Crippen LogP contribution in [0.2, 0.25) is 0 Å². The molecule has 6 heteroatoms. The van der Waals surface area contributed by atoms with Gasteiger partial charge in [-0.1, -0.05) is 6.07 Å². The van der Waals surface area contributed by atoms with E-state index in [0.717, 1.165) is 12.1 Å². The van der Waals surface area contributed by atoms with Crippen LogP contribution in [0.3, 0.4) is 0 Å². The molecule has 0 aliphatic rings. The minimum absolute atomic E-state index is 0.0774. The molecule has 0 spiro atoms. The molecule has 2 nitrogen and oxygen atoms in total. The molecule has 0 aliphatic carbocycles. The summed E-state index contributed by atoms with van der Waals surface area (Å²) in [6.07, 6.45) is -4.47. The lowest BCUT2D eigenvalue weighted by Crippen LogP contribution is -2.11. The molecule has 106 valence electrons. The average molecular weight is 285 g/mol. The maximum atomic E-state index is 13.0. The lowest BCUT2D eigenvalue weighted by atomic mass is 10.1. The molecule has 0 aliphatic heterocycles. The van der Waals surface area contributed by atoms with Crippen molar-refractivity contribution in [3.63, 3.8) is 0 Å². The largest absolute Gasteiger partial charge is 0.457 e. The second-order valence-corrected chi connectivity index (χ2v) is 4.08. The summed E-state index contributed by atoms with van der Waals surface area (Å²) < 4.78 is 56.4. The summed E-state index contributed by atoms with van der Waals surface area (Å²) in [6, 6.07) is 8.60. The Hall–Kier alpha value is -2.08. The van der Waals surface area contributed by atoms with Gasteiger partial charge in [0.05, 0.1) is 5.56 Å². The van der Waals surface area contributed by atoms with Crippen LogP contribution < -0.4 is 10.5 Å². The van der Waals surface area contributed by atoms with Crippen molar-refractivity contribution in [2.45, 2.75) is 12.7 Å². The van der Waals surface area contributed by atoms with Crippen molar-refractivity contribution in [1.82, 2.24) is 0 Å². The van der Waals surface area contributed by atoms with Gasteiger partial charge in [-0.15, -0.1) is 0 Å². The van der Waals surface area contributed by atoms with Crippen LogP contribution in [0.15, 0.2) is 42.5 Å². The van der Waals surface area contributed by atoms with E-state index in [1.54, 1.807) is 0 Å². The molecule has 0 radical (unpaired) electrons. The normalized spacial score (nSPS) is 11.4. The molecule has 0 atom stereocenters. The van der Waals surface area contributed by atoms with Gasteiger partial charge < -0.3 is 10.5 Å². The number of halogens is 4. The molecular formula is C14H11F4NO. The highest BCUT2D eigenvalue weighted by Crippen LogP contribution is 2.34. The average Bonchev–Trinajstić information content (AvgIpc) is 2.37. The zero-order chi connectivity index (χ0) is 14.8. The van der Waals surface area contributed by atoms with Gasteiger partial charge in [-0.3, -0.25) is 0 Å². The summed E-state index contributed by atoms with van der Waals surface area (Å²) in [6.45, 7) is -0.269. The topological polar surface area (TPSA) is 35.2 Å². The molecule has 0 fully saturated rings. The van der Waals surface area contributed by atoms with Crippen LogP contribution in [0.25, 0.3) is 0 Å². The standard InChI is InChI=1S/C14H11F4NO/c15-10-2-1-3-11(7-10)20-12-4-5-13(14(16,17)18)9(6-12)8-19/h1-7H,8,19H2. The smallest absolute Gasteiger partial charge is 0.416 e. The van der Waals surface area contributed by atoms with Crippen LogP contribution in [0.4, 0.5) is 17.6 Å². The second-order valence-electron chi connectivity index (χ2n) is 4.08. The van der Waals surface area contributed by atoms with Gasteiger partial charge >= 0.3 is 6.18 Å². The maximum Gasteiger partial charge on any atom is 0.416 e. The third-order valence-corrected chi connectivity index (χ3v) is 2.63. The summed E-state index contributed by atoms with van der Waals surface area (Å²) in [5, 5.41) is 0. The van der Waals surface area contributed by atoms with Gasteiger partial charge in [0.15, 0.2) is 0 Å². The zero-order valence-electron chi connectivity index (χ0n) is 10.2. The fraction of sp³-hybridized carbons (Fsp3) is 0.143. The first kappa shape index (κ1) is 14.3. The van der Waals surface area contributed by atoms with E-state index in [-0.39, 0.29) is 23.6 Å². The van der Waals surface area contributed by atoms with Crippen molar-refractivity contribution in [3.05, 3.63) is 59.4 Å². The first-order valence-electron chi connectivity index (χ1n) is 5.74. The minimum atomic E-state index is -4.47. The molecule has 2 aromatic carbocycles. The van der Waals surface area contributed by atoms with Crippen molar-refractivity contribution < 1.29 is 22.3 Å². The van der Waals surface area contributed by atoms with Crippen molar-refractivity contribution in [2.24, 2.45) is 5.73 Å². The van der Waals surface area contributed by atoms with Crippen LogP contribution in [-0.4, -0.2) is 0 Å². The zero-order valence-corrected chi connectivity index (χ0v) is 10.2. The highest BCUT2D eigenvalue weighted by molar-refractivity contribution is 5.39. The lowest BCUT2D eigenvalue weighted by molar-refractivity contribution is -0.138. The monoisotopic (exact) mass is 285 g/mol. The first-order chi connectivity index (χ1) is 9.40. The number of hydrogen-bond acceptors (Lipinski definition) is 2. The Kier molecular flexibility index (Phi) is 3.94.